The van der Waals surface area contributed by atoms with Crippen molar-refractivity contribution in [2.24, 2.45) is 0 Å². The first kappa shape index (κ1) is 17.2. The number of nitrogens with one attached hydrogen (secondary N) is 1. The fourth-order valence-electron chi connectivity index (χ4n) is 2.57. The number of nitrogens with zero attached hydrogens (tertiary/aromatic N) is 2. The summed E-state index contributed by atoms with van der Waals surface area (Å²) < 4.78 is 0. The second-order valence-corrected chi connectivity index (χ2v) is 4.89. The van der Waals surface area contributed by atoms with Gasteiger partial charge in [-0.2, -0.15) is 0 Å². The summed E-state index contributed by atoms with van der Waals surface area (Å²) in [5, 5.41) is 4.61. The van der Waals surface area contributed by atoms with Crippen molar-refractivity contribution in [3.05, 3.63) is 42.1 Å². The molecule has 110 valence electrons. The zero-order valence-electron chi connectivity index (χ0n) is 11.6. The number of hydrogen-bond donors (Lipinski definition) is 1. The van der Waals surface area contributed by atoms with E-state index < -0.39 is 0 Å². The maximum absolute atomic E-state index is 4.79. The summed E-state index contributed by atoms with van der Waals surface area (Å²) in [7, 11) is 0. The first-order valence-electron chi connectivity index (χ1n) is 6.65. The van der Waals surface area contributed by atoms with Gasteiger partial charge in [0.15, 0.2) is 0 Å². The highest BCUT2D eigenvalue weighted by Gasteiger charge is 2.18. The van der Waals surface area contributed by atoms with E-state index in [9.17, 15) is 0 Å². The van der Waals surface area contributed by atoms with Crippen LogP contribution in [0.2, 0.25) is 0 Å². The minimum atomic E-state index is 0. The Hall–Kier alpha value is -0.870. The van der Waals surface area contributed by atoms with E-state index in [-0.39, 0.29) is 24.8 Å². The standard InChI is InChI=1S/C15H19N3.2ClH/c1-12(18-10-8-16-9-11-18)14-7-6-13-4-2-3-5-15(13)17-14;;/h2-7,12,16H,8-11H2,1H3;2*1H/t12-;;/m1../s1. The van der Waals surface area contributed by atoms with Crippen molar-refractivity contribution in [1.29, 1.82) is 0 Å². The molecule has 3 nitrogen and oxygen atoms in total. The molecule has 1 aliphatic heterocycles. The van der Waals surface area contributed by atoms with Crippen molar-refractivity contribution in [3.63, 3.8) is 0 Å². The van der Waals surface area contributed by atoms with Crippen LogP contribution < -0.4 is 5.32 Å². The third-order valence-electron chi connectivity index (χ3n) is 3.75. The highest BCUT2D eigenvalue weighted by Crippen LogP contribution is 2.21. The number of aromatic nitrogens is 1. The lowest BCUT2D eigenvalue weighted by atomic mass is 10.1. The Labute approximate surface area is 132 Å². The summed E-state index contributed by atoms with van der Waals surface area (Å²) >= 11 is 0. The molecule has 20 heavy (non-hydrogen) atoms. The van der Waals surface area contributed by atoms with Crippen molar-refractivity contribution >= 4 is 35.7 Å². The minimum Gasteiger partial charge on any atom is -0.314 e. The number of hydrogen-bond acceptors (Lipinski definition) is 3. The summed E-state index contributed by atoms with van der Waals surface area (Å²) in [5.41, 5.74) is 2.27. The van der Waals surface area contributed by atoms with E-state index in [1.54, 1.807) is 0 Å². The molecule has 0 amide bonds. The van der Waals surface area contributed by atoms with E-state index in [1.807, 2.05) is 0 Å². The lowest BCUT2D eigenvalue weighted by molar-refractivity contribution is 0.183. The van der Waals surface area contributed by atoms with Crippen molar-refractivity contribution in [1.82, 2.24) is 15.2 Å². The van der Waals surface area contributed by atoms with E-state index >= 15 is 0 Å². The maximum atomic E-state index is 4.79. The van der Waals surface area contributed by atoms with Crippen LogP contribution in [0.25, 0.3) is 10.9 Å². The molecule has 1 aromatic heterocycles. The van der Waals surface area contributed by atoms with Gasteiger partial charge in [-0.1, -0.05) is 24.3 Å². The fraction of sp³-hybridized carbons (Fsp3) is 0.400. The van der Waals surface area contributed by atoms with Gasteiger partial charge in [-0.25, -0.2) is 0 Å². The molecule has 0 aliphatic carbocycles. The van der Waals surface area contributed by atoms with Crippen LogP contribution in [0.1, 0.15) is 18.7 Å². The van der Waals surface area contributed by atoms with Crippen molar-refractivity contribution < 1.29 is 0 Å². The molecule has 1 saturated heterocycles. The Morgan fingerprint density at radius 3 is 2.50 bits per heavy atom. The van der Waals surface area contributed by atoms with E-state index in [1.165, 1.54) is 11.1 Å². The fourth-order valence-corrected chi connectivity index (χ4v) is 2.57. The number of benzene rings is 1. The first-order valence-corrected chi connectivity index (χ1v) is 6.65. The molecule has 1 fully saturated rings. The van der Waals surface area contributed by atoms with Crippen LogP contribution in [0.4, 0.5) is 0 Å². The van der Waals surface area contributed by atoms with Gasteiger partial charge < -0.3 is 5.32 Å². The summed E-state index contributed by atoms with van der Waals surface area (Å²) in [5.74, 6) is 0. The molecule has 0 bridgehead atoms. The van der Waals surface area contributed by atoms with Crippen LogP contribution in [-0.4, -0.2) is 36.1 Å². The van der Waals surface area contributed by atoms with Crippen molar-refractivity contribution in [2.45, 2.75) is 13.0 Å². The minimum absolute atomic E-state index is 0. The van der Waals surface area contributed by atoms with Gasteiger partial charge in [0.1, 0.15) is 0 Å². The number of rotatable bonds is 2. The molecular weight excluding hydrogens is 293 g/mol. The smallest absolute Gasteiger partial charge is 0.0706 e. The highest BCUT2D eigenvalue weighted by molar-refractivity contribution is 5.85. The molecule has 5 heteroatoms. The summed E-state index contributed by atoms with van der Waals surface area (Å²) in [6, 6.07) is 13.0. The topological polar surface area (TPSA) is 28.2 Å². The number of piperazine rings is 1. The predicted molar refractivity (Wildman–Crippen MR) is 89.1 cm³/mol. The predicted octanol–water partition coefficient (Wildman–Crippen LogP) is 3.04. The molecule has 0 unspecified atom stereocenters. The molecular formula is C15H21Cl2N3. The van der Waals surface area contributed by atoms with Crippen molar-refractivity contribution in [3.8, 4) is 0 Å². The lowest BCUT2D eigenvalue weighted by Crippen LogP contribution is -2.44. The molecule has 1 atom stereocenters. The quantitative estimate of drug-likeness (QED) is 0.923. The molecule has 0 saturated carbocycles. The molecule has 1 aliphatic rings. The second-order valence-electron chi connectivity index (χ2n) is 4.89. The molecule has 3 rings (SSSR count). The third kappa shape index (κ3) is 3.61. The van der Waals surface area contributed by atoms with Crippen molar-refractivity contribution in [2.75, 3.05) is 26.2 Å². The largest absolute Gasteiger partial charge is 0.314 e. The van der Waals surface area contributed by atoms with Gasteiger partial charge in [0.25, 0.3) is 0 Å². The van der Waals surface area contributed by atoms with Gasteiger partial charge >= 0.3 is 0 Å². The Morgan fingerprint density at radius 2 is 1.75 bits per heavy atom. The SMILES string of the molecule is C[C@H](c1ccc2ccccc2n1)N1CCNCC1.Cl.Cl. The highest BCUT2D eigenvalue weighted by atomic mass is 35.5. The van der Waals surface area contributed by atoms with Crippen LogP contribution in [0.5, 0.6) is 0 Å². The lowest BCUT2D eigenvalue weighted by Gasteiger charge is -2.32. The van der Waals surface area contributed by atoms with Gasteiger partial charge in [0, 0.05) is 37.6 Å². The Kier molecular flexibility index (Phi) is 6.69. The van der Waals surface area contributed by atoms with Crippen LogP contribution in [0.3, 0.4) is 0 Å². The maximum Gasteiger partial charge on any atom is 0.0706 e. The van der Waals surface area contributed by atoms with Crippen LogP contribution in [0, 0.1) is 0 Å². The average molecular weight is 314 g/mol. The zero-order chi connectivity index (χ0) is 12.4. The van der Waals surface area contributed by atoms with Gasteiger partial charge in [-0.3, -0.25) is 9.88 Å². The summed E-state index contributed by atoms with van der Waals surface area (Å²) in [6.07, 6.45) is 0. The molecule has 0 radical (unpaired) electrons. The van der Waals surface area contributed by atoms with Crippen LogP contribution >= 0.6 is 24.8 Å². The van der Waals surface area contributed by atoms with E-state index in [0.717, 1.165) is 31.7 Å². The zero-order valence-corrected chi connectivity index (χ0v) is 13.2. The normalized spacial score (nSPS) is 17.1. The van der Waals surface area contributed by atoms with Crippen LogP contribution in [-0.2, 0) is 0 Å². The van der Waals surface area contributed by atoms with Gasteiger partial charge in [0.05, 0.1) is 11.2 Å². The van der Waals surface area contributed by atoms with E-state index in [4.69, 9.17) is 4.98 Å². The van der Waals surface area contributed by atoms with E-state index in [0.29, 0.717) is 6.04 Å². The summed E-state index contributed by atoms with van der Waals surface area (Å²) in [6.45, 7) is 6.63. The average Bonchev–Trinajstić information content (AvgIpc) is 2.47. The van der Waals surface area contributed by atoms with Crippen LogP contribution in [0.15, 0.2) is 36.4 Å². The monoisotopic (exact) mass is 313 g/mol. The Bertz CT molecular complexity index is 541. The number of pyridine rings is 1. The van der Waals surface area contributed by atoms with Gasteiger partial charge in [0.2, 0.25) is 0 Å². The molecule has 2 heterocycles. The molecule has 2 aromatic rings. The number of fused-ring (bicyclic) bond motifs is 1. The van der Waals surface area contributed by atoms with Gasteiger partial charge in [-0.15, -0.1) is 24.8 Å². The Balaban J connectivity index is 0.000001000. The molecule has 0 spiro atoms. The third-order valence-corrected chi connectivity index (χ3v) is 3.75. The van der Waals surface area contributed by atoms with Gasteiger partial charge in [-0.05, 0) is 19.1 Å². The first-order chi connectivity index (χ1) is 8.84. The molecule has 1 N–H and O–H groups in total. The Morgan fingerprint density at radius 1 is 1.05 bits per heavy atom. The van der Waals surface area contributed by atoms with E-state index in [2.05, 4.69) is 53.5 Å². The molecule has 1 aromatic carbocycles. The number of halogens is 2. The number of para-hydroxylation sites is 1. The summed E-state index contributed by atoms with van der Waals surface area (Å²) in [4.78, 5) is 7.28. The second kappa shape index (κ2) is 7.79.